The Balaban J connectivity index is 2.04. The van der Waals surface area contributed by atoms with Crippen LogP contribution < -0.4 is 0 Å². The second kappa shape index (κ2) is 6.13. The van der Waals surface area contributed by atoms with Crippen LogP contribution in [0.2, 0.25) is 0 Å². The van der Waals surface area contributed by atoms with E-state index in [2.05, 4.69) is 43.3 Å². The molecule has 0 amide bonds. The van der Waals surface area contributed by atoms with E-state index in [1.165, 1.54) is 35.3 Å². The van der Waals surface area contributed by atoms with Crippen molar-refractivity contribution in [2.75, 3.05) is 0 Å². The van der Waals surface area contributed by atoms with Crippen LogP contribution in [0, 0.1) is 0 Å². The SMILES string of the molecule is CCCCc1ccc(C2CC=CC(=O)O2)c2ccccc12. The molecule has 3 rings (SSSR count). The number of hydrogen-bond donors (Lipinski definition) is 0. The summed E-state index contributed by atoms with van der Waals surface area (Å²) in [5, 5.41) is 2.49. The average molecular weight is 280 g/mol. The maximum atomic E-state index is 11.5. The Hall–Kier alpha value is -2.09. The first-order valence-electron chi connectivity index (χ1n) is 7.67. The molecule has 2 nitrogen and oxygen atoms in total. The fraction of sp³-hybridized carbons (Fsp3) is 0.316. The van der Waals surface area contributed by atoms with E-state index in [1.54, 1.807) is 0 Å². The number of hydrogen-bond acceptors (Lipinski definition) is 2. The molecule has 21 heavy (non-hydrogen) atoms. The number of carbonyl (C=O) groups excluding carboxylic acids is 1. The zero-order chi connectivity index (χ0) is 14.7. The van der Waals surface area contributed by atoms with Crippen molar-refractivity contribution in [1.82, 2.24) is 0 Å². The molecule has 0 fully saturated rings. The first-order chi connectivity index (χ1) is 10.3. The second-order valence-corrected chi connectivity index (χ2v) is 5.53. The highest BCUT2D eigenvalue weighted by atomic mass is 16.5. The first kappa shape index (κ1) is 13.9. The molecule has 2 aromatic rings. The number of aryl methyl sites for hydroxylation is 1. The topological polar surface area (TPSA) is 26.3 Å². The smallest absolute Gasteiger partial charge is 0.331 e. The molecular formula is C19H20O2. The number of benzene rings is 2. The highest BCUT2D eigenvalue weighted by molar-refractivity contribution is 5.90. The minimum atomic E-state index is -0.245. The third kappa shape index (κ3) is 2.85. The lowest BCUT2D eigenvalue weighted by atomic mass is 9.93. The van der Waals surface area contributed by atoms with Gasteiger partial charge in [0.1, 0.15) is 6.10 Å². The number of unbranched alkanes of at least 4 members (excludes halogenated alkanes) is 1. The molecule has 0 radical (unpaired) electrons. The predicted molar refractivity (Wildman–Crippen MR) is 85.2 cm³/mol. The van der Waals surface area contributed by atoms with E-state index in [9.17, 15) is 4.79 Å². The zero-order valence-electron chi connectivity index (χ0n) is 12.3. The van der Waals surface area contributed by atoms with Crippen LogP contribution in [0.15, 0.2) is 48.6 Å². The van der Waals surface area contributed by atoms with Crippen LogP contribution in [0.4, 0.5) is 0 Å². The molecule has 1 heterocycles. The van der Waals surface area contributed by atoms with Gasteiger partial charge in [-0.1, -0.05) is 55.8 Å². The fourth-order valence-electron chi connectivity index (χ4n) is 2.96. The maximum Gasteiger partial charge on any atom is 0.331 e. The summed E-state index contributed by atoms with van der Waals surface area (Å²) < 4.78 is 5.48. The van der Waals surface area contributed by atoms with E-state index in [4.69, 9.17) is 4.74 Å². The summed E-state index contributed by atoms with van der Waals surface area (Å²) in [5.74, 6) is -0.245. The van der Waals surface area contributed by atoms with E-state index < -0.39 is 0 Å². The first-order valence-corrected chi connectivity index (χ1v) is 7.67. The molecule has 0 saturated heterocycles. The maximum absolute atomic E-state index is 11.5. The Kier molecular flexibility index (Phi) is 4.05. The Morgan fingerprint density at radius 3 is 2.71 bits per heavy atom. The molecule has 108 valence electrons. The normalized spacial score (nSPS) is 18.0. The molecule has 0 aliphatic carbocycles. The van der Waals surface area contributed by atoms with E-state index in [0.717, 1.165) is 18.4 Å². The van der Waals surface area contributed by atoms with Gasteiger partial charge in [0.2, 0.25) is 0 Å². The van der Waals surface area contributed by atoms with Crippen molar-refractivity contribution in [3.8, 4) is 0 Å². The lowest BCUT2D eigenvalue weighted by Crippen LogP contribution is -2.13. The van der Waals surface area contributed by atoms with E-state index >= 15 is 0 Å². The Morgan fingerprint density at radius 1 is 1.14 bits per heavy atom. The van der Waals surface area contributed by atoms with Crippen molar-refractivity contribution in [1.29, 1.82) is 0 Å². The quantitative estimate of drug-likeness (QED) is 0.757. The predicted octanol–water partition coefficient (Wildman–Crippen LogP) is 4.73. The summed E-state index contributed by atoms with van der Waals surface area (Å²) in [4.78, 5) is 11.5. The van der Waals surface area contributed by atoms with Gasteiger partial charge in [-0.05, 0) is 29.2 Å². The lowest BCUT2D eigenvalue weighted by Gasteiger charge is -2.21. The van der Waals surface area contributed by atoms with Crippen molar-refractivity contribution in [3.63, 3.8) is 0 Å². The number of cyclic esters (lactones) is 1. The summed E-state index contributed by atoms with van der Waals surface area (Å²) in [6.45, 7) is 2.21. The number of rotatable bonds is 4. The van der Waals surface area contributed by atoms with Gasteiger partial charge in [0.05, 0.1) is 0 Å². The number of esters is 1. The van der Waals surface area contributed by atoms with Gasteiger partial charge in [-0.25, -0.2) is 4.79 Å². The average Bonchev–Trinajstić information content (AvgIpc) is 2.52. The van der Waals surface area contributed by atoms with E-state index in [1.807, 2.05) is 6.08 Å². The molecule has 0 aromatic heterocycles. The van der Waals surface area contributed by atoms with Crippen LogP contribution in [0.5, 0.6) is 0 Å². The van der Waals surface area contributed by atoms with Gasteiger partial charge < -0.3 is 4.74 Å². The van der Waals surface area contributed by atoms with Crippen molar-refractivity contribution < 1.29 is 9.53 Å². The number of ether oxygens (including phenoxy) is 1. The molecule has 0 saturated carbocycles. The van der Waals surface area contributed by atoms with Crippen molar-refractivity contribution in [2.45, 2.75) is 38.7 Å². The molecule has 1 atom stereocenters. The van der Waals surface area contributed by atoms with Gasteiger partial charge in [-0.2, -0.15) is 0 Å². The van der Waals surface area contributed by atoms with Gasteiger partial charge >= 0.3 is 5.97 Å². The summed E-state index contributed by atoms with van der Waals surface area (Å²) in [6, 6.07) is 12.8. The van der Waals surface area contributed by atoms with Gasteiger partial charge in [-0.3, -0.25) is 0 Å². The molecule has 2 aromatic carbocycles. The van der Waals surface area contributed by atoms with Crippen molar-refractivity contribution in [2.24, 2.45) is 0 Å². The zero-order valence-corrected chi connectivity index (χ0v) is 12.3. The largest absolute Gasteiger partial charge is 0.454 e. The van der Waals surface area contributed by atoms with Gasteiger partial charge in [-0.15, -0.1) is 0 Å². The molecule has 0 N–H and O–H groups in total. The van der Waals surface area contributed by atoms with Crippen LogP contribution in [0.25, 0.3) is 10.8 Å². The van der Waals surface area contributed by atoms with Crippen molar-refractivity contribution >= 4 is 16.7 Å². The van der Waals surface area contributed by atoms with Crippen LogP contribution in [0.1, 0.15) is 43.4 Å². The standard InChI is InChI=1S/C19H20O2/c1-2-3-7-14-12-13-17(16-9-5-4-8-15(14)16)18-10-6-11-19(20)21-18/h4-6,8-9,11-13,18H,2-3,7,10H2,1H3. The van der Waals surface area contributed by atoms with Crippen LogP contribution in [-0.2, 0) is 16.0 Å². The van der Waals surface area contributed by atoms with E-state index in [0.29, 0.717) is 0 Å². The fourth-order valence-corrected chi connectivity index (χ4v) is 2.96. The minimum Gasteiger partial charge on any atom is -0.454 e. The van der Waals surface area contributed by atoms with E-state index in [-0.39, 0.29) is 12.1 Å². The molecule has 1 aliphatic rings. The molecule has 0 bridgehead atoms. The Bertz CT molecular complexity index is 685. The molecule has 2 heteroatoms. The monoisotopic (exact) mass is 280 g/mol. The summed E-state index contributed by atoms with van der Waals surface area (Å²) >= 11 is 0. The molecule has 1 unspecified atom stereocenters. The lowest BCUT2D eigenvalue weighted by molar-refractivity contribution is -0.144. The number of fused-ring (bicyclic) bond motifs is 1. The number of carbonyl (C=O) groups is 1. The highest BCUT2D eigenvalue weighted by Gasteiger charge is 2.20. The third-order valence-electron chi connectivity index (χ3n) is 4.06. The molecule has 0 spiro atoms. The summed E-state index contributed by atoms with van der Waals surface area (Å²) in [6.07, 6.45) is 7.50. The van der Waals surface area contributed by atoms with Crippen LogP contribution >= 0.6 is 0 Å². The van der Waals surface area contributed by atoms with Gasteiger partial charge in [0, 0.05) is 18.1 Å². The second-order valence-electron chi connectivity index (χ2n) is 5.53. The Morgan fingerprint density at radius 2 is 1.95 bits per heavy atom. The van der Waals surface area contributed by atoms with Crippen molar-refractivity contribution in [3.05, 3.63) is 59.7 Å². The van der Waals surface area contributed by atoms with Crippen LogP contribution in [-0.4, -0.2) is 5.97 Å². The minimum absolute atomic E-state index is 0.160. The Labute approximate surface area is 125 Å². The molecule has 1 aliphatic heterocycles. The third-order valence-corrected chi connectivity index (χ3v) is 4.06. The van der Waals surface area contributed by atoms with Crippen LogP contribution in [0.3, 0.4) is 0 Å². The summed E-state index contributed by atoms with van der Waals surface area (Å²) in [7, 11) is 0. The summed E-state index contributed by atoms with van der Waals surface area (Å²) in [5.41, 5.74) is 2.50. The highest BCUT2D eigenvalue weighted by Crippen LogP contribution is 2.33. The van der Waals surface area contributed by atoms with Gasteiger partial charge in [0.25, 0.3) is 0 Å². The van der Waals surface area contributed by atoms with Gasteiger partial charge in [0.15, 0.2) is 0 Å². The molecular weight excluding hydrogens is 260 g/mol.